The fourth-order valence-corrected chi connectivity index (χ4v) is 2.96. The molecule has 1 heterocycles. The van der Waals surface area contributed by atoms with Crippen LogP contribution in [0.3, 0.4) is 0 Å². The number of hydrogen-bond acceptors (Lipinski definition) is 5. The molecule has 22 heavy (non-hydrogen) atoms. The third-order valence-corrected chi connectivity index (χ3v) is 4.13. The summed E-state index contributed by atoms with van der Waals surface area (Å²) in [7, 11) is 0. The van der Waals surface area contributed by atoms with Crippen LogP contribution in [0.4, 0.5) is 5.69 Å². The minimum absolute atomic E-state index is 0.116. The van der Waals surface area contributed by atoms with E-state index >= 15 is 0 Å². The number of ether oxygens (including phenoxy) is 2. The summed E-state index contributed by atoms with van der Waals surface area (Å²) >= 11 is 0. The Morgan fingerprint density at radius 3 is 2.91 bits per heavy atom. The zero-order valence-electron chi connectivity index (χ0n) is 12.9. The standard InChI is InChI=1S/C16H22N2O4/c1-2-5-17(8-12-3-4-12)9-13-6-15(18(19)20)7-14-10-21-11-22-16(13)14/h6-7,12H,2-5,8-11H2,1H3. The van der Waals surface area contributed by atoms with Gasteiger partial charge in [-0.3, -0.25) is 15.0 Å². The Morgan fingerprint density at radius 2 is 2.23 bits per heavy atom. The van der Waals surface area contributed by atoms with Gasteiger partial charge in [-0.1, -0.05) is 6.92 Å². The number of fused-ring (bicyclic) bond motifs is 1. The van der Waals surface area contributed by atoms with E-state index in [9.17, 15) is 10.1 Å². The van der Waals surface area contributed by atoms with Crippen LogP contribution in [0.15, 0.2) is 12.1 Å². The van der Waals surface area contributed by atoms with Crippen molar-refractivity contribution in [1.29, 1.82) is 0 Å². The van der Waals surface area contributed by atoms with Crippen LogP contribution in [0.5, 0.6) is 5.75 Å². The first-order chi connectivity index (χ1) is 10.7. The number of nitro benzene ring substituents is 1. The van der Waals surface area contributed by atoms with E-state index in [2.05, 4.69) is 11.8 Å². The molecule has 0 bridgehead atoms. The number of rotatable bonds is 7. The lowest BCUT2D eigenvalue weighted by Gasteiger charge is -2.25. The normalized spacial score (nSPS) is 17.2. The van der Waals surface area contributed by atoms with E-state index < -0.39 is 0 Å². The SMILES string of the molecule is CCCN(Cc1cc([N+](=O)[O-])cc2c1OCOC2)CC1CC1. The van der Waals surface area contributed by atoms with E-state index in [-0.39, 0.29) is 17.4 Å². The zero-order chi connectivity index (χ0) is 15.5. The maximum absolute atomic E-state index is 11.1. The lowest BCUT2D eigenvalue weighted by atomic mass is 10.1. The molecule has 1 aliphatic heterocycles. The fourth-order valence-electron chi connectivity index (χ4n) is 2.96. The summed E-state index contributed by atoms with van der Waals surface area (Å²) in [5.41, 5.74) is 1.80. The van der Waals surface area contributed by atoms with Crippen molar-refractivity contribution in [2.75, 3.05) is 19.9 Å². The first-order valence-corrected chi connectivity index (χ1v) is 7.90. The van der Waals surface area contributed by atoms with Crippen molar-refractivity contribution < 1.29 is 14.4 Å². The molecule has 6 heteroatoms. The lowest BCUT2D eigenvalue weighted by molar-refractivity contribution is -0.385. The van der Waals surface area contributed by atoms with Crippen LogP contribution in [0.2, 0.25) is 0 Å². The van der Waals surface area contributed by atoms with E-state index in [0.717, 1.165) is 42.3 Å². The Balaban J connectivity index is 1.86. The Morgan fingerprint density at radius 1 is 1.41 bits per heavy atom. The van der Waals surface area contributed by atoms with Crippen LogP contribution >= 0.6 is 0 Å². The summed E-state index contributed by atoms with van der Waals surface area (Å²) in [5, 5.41) is 11.1. The highest BCUT2D eigenvalue weighted by molar-refractivity contribution is 5.50. The molecular formula is C16H22N2O4. The highest BCUT2D eigenvalue weighted by Crippen LogP contribution is 2.35. The monoisotopic (exact) mass is 306 g/mol. The van der Waals surface area contributed by atoms with Crippen LogP contribution in [0, 0.1) is 16.0 Å². The predicted octanol–water partition coefficient (Wildman–Crippen LogP) is 3.08. The second-order valence-corrected chi connectivity index (χ2v) is 6.14. The number of non-ortho nitro benzene ring substituents is 1. The van der Waals surface area contributed by atoms with Crippen LogP contribution < -0.4 is 4.74 Å². The van der Waals surface area contributed by atoms with E-state index in [1.807, 2.05) is 0 Å². The molecule has 0 radical (unpaired) electrons. The number of benzene rings is 1. The molecule has 0 N–H and O–H groups in total. The lowest BCUT2D eigenvalue weighted by Crippen LogP contribution is -2.27. The smallest absolute Gasteiger partial charge is 0.270 e. The summed E-state index contributed by atoms with van der Waals surface area (Å²) < 4.78 is 10.9. The fraction of sp³-hybridized carbons (Fsp3) is 0.625. The van der Waals surface area contributed by atoms with Gasteiger partial charge in [0.15, 0.2) is 6.79 Å². The Hall–Kier alpha value is -1.66. The molecule has 3 rings (SSSR count). The minimum Gasteiger partial charge on any atom is -0.467 e. The molecule has 0 spiro atoms. The van der Waals surface area contributed by atoms with Crippen LogP contribution in [0.25, 0.3) is 0 Å². The summed E-state index contributed by atoms with van der Waals surface area (Å²) in [6, 6.07) is 3.21. The van der Waals surface area contributed by atoms with Crippen LogP contribution in [-0.4, -0.2) is 29.7 Å². The van der Waals surface area contributed by atoms with Gasteiger partial charge in [-0.2, -0.15) is 0 Å². The van der Waals surface area contributed by atoms with Gasteiger partial charge < -0.3 is 9.47 Å². The van der Waals surface area contributed by atoms with Crippen LogP contribution in [-0.2, 0) is 17.9 Å². The van der Waals surface area contributed by atoms with Gasteiger partial charge >= 0.3 is 0 Å². The molecule has 6 nitrogen and oxygen atoms in total. The van der Waals surface area contributed by atoms with Gasteiger partial charge in [0.1, 0.15) is 5.75 Å². The Labute approximate surface area is 130 Å². The summed E-state index contributed by atoms with van der Waals surface area (Å²) in [6.07, 6.45) is 3.68. The predicted molar refractivity (Wildman–Crippen MR) is 81.7 cm³/mol. The summed E-state index contributed by atoms with van der Waals surface area (Å²) in [4.78, 5) is 13.2. The molecule has 0 atom stereocenters. The van der Waals surface area contributed by atoms with Gasteiger partial charge in [0.05, 0.1) is 11.5 Å². The van der Waals surface area contributed by atoms with Gasteiger partial charge in [-0.25, -0.2) is 0 Å². The molecule has 1 aromatic carbocycles. The second-order valence-electron chi connectivity index (χ2n) is 6.14. The molecular weight excluding hydrogens is 284 g/mol. The number of nitro groups is 1. The van der Waals surface area contributed by atoms with E-state index in [0.29, 0.717) is 13.2 Å². The van der Waals surface area contributed by atoms with Crippen molar-refractivity contribution in [2.24, 2.45) is 5.92 Å². The largest absolute Gasteiger partial charge is 0.467 e. The Bertz CT molecular complexity index is 557. The summed E-state index contributed by atoms with van der Waals surface area (Å²) in [6.45, 7) is 5.53. The van der Waals surface area contributed by atoms with E-state index in [1.54, 1.807) is 12.1 Å². The average Bonchev–Trinajstić information content (AvgIpc) is 3.31. The van der Waals surface area contributed by atoms with Crippen molar-refractivity contribution in [2.45, 2.75) is 39.3 Å². The van der Waals surface area contributed by atoms with E-state index in [1.165, 1.54) is 12.8 Å². The highest BCUT2D eigenvalue weighted by atomic mass is 16.7. The summed E-state index contributed by atoms with van der Waals surface area (Å²) in [5.74, 6) is 1.57. The molecule has 0 aromatic heterocycles. The third-order valence-electron chi connectivity index (χ3n) is 4.13. The zero-order valence-corrected chi connectivity index (χ0v) is 12.9. The van der Waals surface area contributed by atoms with Gasteiger partial charge in [-0.15, -0.1) is 0 Å². The minimum atomic E-state index is -0.344. The van der Waals surface area contributed by atoms with Gasteiger partial charge in [0, 0.05) is 36.3 Å². The van der Waals surface area contributed by atoms with Gasteiger partial charge in [-0.05, 0) is 31.7 Å². The van der Waals surface area contributed by atoms with Crippen molar-refractivity contribution in [3.8, 4) is 5.75 Å². The first kappa shape index (κ1) is 15.2. The Kier molecular flexibility index (Phi) is 4.59. The molecule has 2 aliphatic rings. The maximum atomic E-state index is 11.1. The maximum Gasteiger partial charge on any atom is 0.270 e. The number of nitrogens with zero attached hydrogens (tertiary/aromatic N) is 2. The third kappa shape index (κ3) is 3.56. The molecule has 1 fully saturated rings. The topological polar surface area (TPSA) is 64.8 Å². The molecule has 1 aliphatic carbocycles. The number of hydrogen-bond donors (Lipinski definition) is 0. The molecule has 0 amide bonds. The average molecular weight is 306 g/mol. The van der Waals surface area contributed by atoms with Crippen LogP contribution in [0.1, 0.15) is 37.3 Å². The van der Waals surface area contributed by atoms with Crippen molar-refractivity contribution in [3.63, 3.8) is 0 Å². The van der Waals surface area contributed by atoms with Crippen molar-refractivity contribution >= 4 is 5.69 Å². The van der Waals surface area contributed by atoms with Gasteiger partial charge in [0.25, 0.3) is 5.69 Å². The van der Waals surface area contributed by atoms with Gasteiger partial charge in [0.2, 0.25) is 0 Å². The van der Waals surface area contributed by atoms with Crippen molar-refractivity contribution in [3.05, 3.63) is 33.4 Å². The molecule has 1 saturated carbocycles. The first-order valence-electron chi connectivity index (χ1n) is 7.90. The molecule has 0 saturated heterocycles. The molecule has 120 valence electrons. The van der Waals surface area contributed by atoms with E-state index in [4.69, 9.17) is 9.47 Å². The highest BCUT2D eigenvalue weighted by Gasteiger charge is 2.26. The molecule has 1 aromatic rings. The quantitative estimate of drug-likeness (QED) is 0.572. The van der Waals surface area contributed by atoms with Crippen molar-refractivity contribution in [1.82, 2.24) is 4.90 Å². The molecule has 0 unspecified atom stereocenters. The second kappa shape index (κ2) is 6.62.